The van der Waals surface area contributed by atoms with Crippen LogP contribution in [0.4, 0.5) is 40.7 Å². The fourth-order valence-electron chi connectivity index (χ4n) is 3.61. The molecule has 1 unspecified atom stereocenters. The van der Waals surface area contributed by atoms with Gasteiger partial charge in [-0.05, 0) is 26.1 Å². The molecule has 2 fully saturated rings. The van der Waals surface area contributed by atoms with Gasteiger partial charge in [0.15, 0.2) is 5.82 Å². The number of aliphatic imine (C=N–C) groups is 1. The zero-order valence-corrected chi connectivity index (χ0v) is 18.7. The van der Waals surface area contributed by atoms with Crippen molar-refractivity contribution in [2.75, 3.05) is 43.4 Å². The van der Waals surface area contributed by atoms with Crippen molar-refractivity contribution in [2.45, 2.75) is 25.6 Å². The summed E-state index contributed by atoms with van der Waals surface area (Å²) in [6, 6.07) is 1.82. The van der Waals surface area contributed by atoms with Crippen molar-refractivity contribution in [1.29, 1.82) is 0 Å². The van der Waals surface area contributed by atoms with Crippen molar-refractivity contribution in [3.63, 3.8) is 0 Å². The van der Waals surface area contributed by atoms with E-state index in [1.165, 1.54) is 6.20 Å². The third-order valence-corrected chi connectivity index (χ3v) is 5.68. The lowest BCUT2D eigenvalue weighted by Gasteiger charge is -2.35. The minimum absolute atomic E-state index is 0.109. The number of aromatic nitrogens is 2. The van der Waals surface area contributed by atoms with Crippen LogP contribution in [0.1, 0.15) is 18.9 Å². The second-order valence-electron chi connectivity index (χ2n) is 8.06. The summed E-state index contributed by atoms with van der Waals surface area (Å²) in [4.78, 5) is 16.0. The fourth-order valence-corrected chi connectivity index (χ4v) is 3.75. The van der Waals surface area contributed by atoms with E-state index in [-0.39, 0.29) is 28.5 Å². The summed E-state index contributed by atoms with van der Waals surface area (Å²) in [6.45, 7) is 3.88. The second kappa shape index (κ2) is 9.27. The highest BCUT2D eigenvalue weighted by Gasteiger charge is 2.36. The van der Waals surface area contributed by atoms with Gasteiger partial charge in [0.25, 0.3) is 0 Å². The number of rotatable bonds is 4. The number of hydrogen-bond donors (Lipinski definition) is 3. The van der Waals surface area contributed by atoms with E-state index in [1.807, 2.05) is 18.9 Å². The maximum absolute atomic E-state index is 14.9. The van der Waals surface area contributed by atoms with Crippen LogP contribution in [0.15, 0.2) is 23.3 Å². The zero-order valence-electron chi connectivity index (χ0n) is 18.0. The number of halogens is 5. The summed E-state index contributed by atoms with van der Waals surface area (Å²) >= 11 is 6.11. The number of nitrogens with zero attached hydrogens (tertiary/aromatic N) is 5. The minimum atomic E-state index is -4.67. The first-order valence-corrected chi connectivity index (χ1v) is 10.7. The van der Waals surface area contributed by atoms with Gasteiger partial charge >= 0.3 is 6.18 Å². The highest BCUT2D eigenvalue weighted by atomic mass is 35.5. The van der Waals surface area contributed by atoms with Crippen molar-refractivity contribution < 1.29 is 17.6 Å². The van der Waals surface area contributed by atoms with Crippen molar-refractivity contribution in [2.24, 2.45) is 4.99 Å². The van der Waals surface area contributed by atoms with Crippen LogP contribution < -0.4 is 21.1 Å². The van der Waals surface area contributed by atoms with Gasteiger partial charge in [-0.1, -0.05) is 11.6 Å². The maximum atomic E-state index is 14.9. The molecular weight excluding hydrogens is 464 g/mol. The second-order valence-corrected chi connectivity index (χ2v) is 8.47. The number of hydrazine groups is 1. The van der Waals surface area contributed by atoms with Crippen molar-refractivity contribution in [1.82, 2.24) is 25.7 Å². The summed E-state index contributed by atoms with van der Waals surface area (Å²) in [5, 5.41) is 2.68. The SMILES string of the molecule is CC1CC(=Nc2nc(Nc3cc(C(F)(F)F)c(N4CCN(C)CC4)cc3F)ncc2Cl)NN1. The van der Waals surface area contributed by atoms with Crippen LogP contribution in [-0.2, 0) is 6.18 Å². The molecule has 3 heterocycles. The summed E-state index contributed by atoms with van der Waals surface area (Å²) in [6.07, 6.45) is -2.80. The standard InChI is InChI=1S/C20H23ClF4N8/c1-11-7-17(31-30-11)28-18-13(21)10-26-19(29-18)27-15-8-12(20(23,24)25)16(9-14(15)22)33-5-3-32(2)4-6-33/h8-11,30H,3-7H2,1-2H3,(H2,26,27,28,29,31). The quantitative estimate of drug-likeness (QED) is 0.569. The first-order valence-electron chi connectivity index (χ1n) is 10.3. The highest BCUT2D eigenvalue weighted by Crippen LogP contribution is 2.40. The predicted molar refractivity (Wildman–Crippen MR) is 119 cm³/mol. The molecule has 0 saturated carbocycles. The fraction of sp³-hybridized carbons (Fsp3) is 0.450. The Labute approximate surface area is 193 Å². The zero-order chi connectivity index (χ0) is 23.8. The highest BCUT2D eigenvalue weighted by molar-refractivity contribution is 6.32. The molecule has 1 atom stereocenters. The molecule has 0 bridgehead atoms. The Balaban J connectivity index is 1.64. The van der Waals surface area contributed by atoms with Crippen LogP contribution in [-0.4, -0.2) is 60.0 Å². The Bertz CT molecular complexity index is 1050. The van der Waals surface area contributed by atoms with Crippen LogP contribution in [0.3, 0.4) is 0 Å². The van der Waals surface area contributed by atoms with Crippen LogP contribution in [0.2, 0.25) is 5.02 Å². The molecule has 1 aromatic carbocycles. The van der Waals surface area contributed by atoms with Crippen LogP contribution in [0.25, 0.3) is 0 Å². The number of alkyl halides is 3. The molecule has 4 rings (SSSR count). The lowest BCUT2D eigenvalue weighted by atomic mass is 10.1. The van der Waals surface area contributed by atoms with E-state index in [0.29, 0.717) is 38.4 Å². The van der Waals surface area contributed by atoms with Gasteiger partial charge in [-0.3, -0.25) is 0 Å². The van der Waals surface area contributed by atoms with Crippen molar-refractivity contribution in [3.05, 3.63) is 34.7 Å². The molecule has 2 saturated heterocycles. The molecule has 178 valence electrons. The number of nitrogens with one attached hydrogen (secondary N) is 3. The molecular formula is C20H23ClF4N8. The Kier molecular flexibility index (Phi) is 6.59. The average molecular weight is 487 g/mol. The van der Waals surface area contributed by atoms with E-state index in [1.54, 1.807) is 4.90 Å². The summed E-state index contributed by atoms with van der Waals surface area (Å²) < 4.78 is 56.4. The van der Waals surface area contributed by atoms with E-state index < -0.39 is 23.2 Å². The van der Waals surface area contributed by atoms with Gasteiger partial charge in [0.2, 0.25) is 5.95 Å². The summed E-state index contributed by atoms with van der Waals surface area (Å²) in [5.74, 6) is -0.273. The third-order valence-electron chi connectivity index (χ3n) is 5.41. The molecule has 0 amide bonds. The predicted octanol–water partition coefficient (Wildman–Crippen LogP) is 3.70. The summed E-state index contributed by atoms with van der Waals surface area (Å²) in [7, 11) is 1.89. The lowest BCUT2D eigenvalue weighted by molar-refractivity contribution is -0.137. The Morgan fingerprint density at radius 2 is 1.94 bits per heavy atom. The van der Waals surface area contributed by atoms with Crippen molar-refractivity contribution >= 4 is 40.6 Å². The van der Waals surface area contributed by atoms with E-state index in [0.717, 1.165) is 12.1 Å². The van der Waals surface area contributed by atoms with Gasteiger partial charge < -0.3 is 20.5 Å². The van der Waals surface area contributed by atoms with E-state index in [2.05, 4.69) is 31.1 Å². The monoisotopic (exact) mass is 486 g/mol. The van der Waals surface area contributed by atoms with Crippen LogP contribution in [0.5, 0.6) is 0 Å². The molecule has 33 heavy (non-hydrogen) atoms. The average Bonchev–Trinajstić information content (AvgIpc) is 3.16. The van der Waals surface area contributed by atoms with Gasteiger partial charge in [-0.2, -0.15) is 18.2 Å². The maximum Gasteiger partial charge on any atom is 0.418 e. The Hall–Kier alpha value is -2.70. The molecule has 2 aliphatic rings. The molecule has 0 radical (unpaired) electrons. The number of anilines is 3. The summed E-state index contributed by atoms with van der Waals surface area (Å²) in [5.41, 5.74) is 4.37. The third kappa shape index (κ3) is 5.45. The molecule has 0 spiro atoms. The molecule has 3 N–H and O–H groups in total. The Morgan fingerprint density at radius 3 is 2.58 bits per heavy atom. The van der Waals surface area contributed by atoms with E-state index in [9.17, 15) is 17.6 Å². The van der Waals surface area contributed by atoms with Gasteiger partial charge in [0.05, 0.1) is 23.1 Å². The number of likely N-dealkylation sites (N-methyl/N-ethyl adjacent to an activating group) is 1. The van der Waals surface area contributed by atoms with Gasteiger partial charge in [0.1, 0.15) is 16.7 Å². The molecule has 8 nitrogen and oxygen atoms in total. The smallest absolute Gasteiger partial charge is 0.368 e. The van der Waals surface area contributed by atoms with Gasteiger partial charge in [0, 0.05) is 38.6 Å². The van der Waals surface area contributed by atoms with Crippen molar-refractivity contribution in [3.8, 4) is 0 Å². The molecule has 2 aliphatic heterocycles. The first kappa shape index (κ1) is 23.5. The first-order chi connectivity index (χ1) is 15.6. The van der Waals surface area contributed by atoms with Gasteiger partial charge in [-0.15, -0.1) is 0 Å². The minimum Gasteiger partial charge on any atom is -0.368 e. The van der Waals surface area contributed by atoms with Crippen LogP contribution >= 0.6 is 11.6 Å². The topological polar surface area (TPSA) is 80.7 Å². The number of hydrogen-bond acceptors (Lipinski definition) is 7. The molecule has 2 aromatic rings. The largest absolute Gasteiger partial charge is 0.418 e. The van der Waals surface area contributed by atoms with Crippen LogP contribution in [0, 0.1) is 5.82 Å². The molecule has 0 aliphatic carbocycles. The normalized spacial score (nSPS) is 20.9. The lowest BCUT2D eigenvalue weighted by Crippen LogP contribution is -2.45. The van der Waals surface area contributed by atoms with Gasteiger partial charge in [-0.25, -0.2) is 19.8 Å². The van der Waals surface area contributed by atoms with E-state index in [4.69, 9.17) is 11.6 Å². The Morgan fingerprint density at radius 1 is 1.21 bits per heavy atom. The molecule has 1 aromatic heterocycles. The molecule has 13 heteroatoms. The van der Waals surface area contributed by atoms with E-state index >= 15 is 0 Å². The number of piperazine rings is 1. The number of amidine groups is 1. The number of benzene rings is 1.